The molecular weight excluding hydrogens is 396 g/mol. The third kappa shape index (κ3) is 3.70. The van der Waals surface area contributed by atoms with Gasteiger partial charge in [-0.25, -0.2) is 4.98 Å². The fourth-order valence-corrected chi connectivity index (χ4v) is 5.04. The summed E-state index contributed by atoms with van der Waals surface area (Å²) in [5.74, 6) is 1.01. The van der Waals surface area contributed by atoms with Crippen molar-refractivity contribution in [3.63, 3.8) is 0 Å². The normalized spacial score (nSPS) is 15.0. The molecule has 1 fully saturated rings. The van der Waals surface area contributed by atoms with Crippen molar-refractivity contribution < 1.29 is 4.79 Å². The SMILES string of the molecule is Cc1ccccc1-c1nnn(CC(=O)N2CCC(c3nc4ccccc4s3)CC2)n1. The number of para-hydroxylation sites is 1. The van der Waals surface area contributed by atoms with Gasteiger partial charge >= 0.3 is 0 Å². The summed E-state index contributed by atoms with van der Waals surface area (Å²) in [5, 5.41) is 13.8. The standard InChI is InChI=1S/C22H22N6OS/c1-15-6-2-3-7-17(15)21-24-26-28(25-21)14-20(29)27-12-10-16(11-13-27)22-23-18-8-4-5-9-19(18)30-22/h2-9,16H,10-14H2,1H3. The number of tetrazole rings is 1. The molecule has 1 saturated heterocycles. The van der Waals surface area contributed by atoms with E-state index in [1.54, 1.807) is 11.3 Å². The molecule has 1 amide bonds. The number of hydrogen-bond acceptors (Lipinski definition) is 6. The lowest BCUT2D eigenvalue weighted by Gasteiger charge is -2.30. The monoisotopic (exact) mass is 418 g/mol. The number of aryl methyl sites for hydroxylation is 1. The zero-order chi connectivity index (χ0) is 20.5. The quantitative estimate of drug-likeness (QED) is 0.505. The van der Waals surface area contributed by atoms with E-state index in [4.69, 9.17) is 4.98 Å². The average Bonchev–Trinajstić information content (AvgIpc) is 3.41. The van der Waals surface area contributed by atoms with Gasteiger partial charge in [-0.1, -0.05) is 36.4 Å². The molecule has 4 aromatic rings. The second-order valence-electron chi connectivity index (χ2n) is 7.63. The van der Waals surface area contributed by atoms with Crippen LogP contribution in [0.3, 0.4) is 0 Å². The van der Waals surface area contributed by atoms with E-state index in [9.17, 15) is 4.79 Å². The third-order valence-corrected chi connectivity index (χ3v) is 6.82. The van der Waals surface area contributed by atoms with Crippen molar-refractivity contribution in [2.45, 2.75) is 32.2 Å². The number of thiazole rings is 1. The van der Waals surface area contributed by atoms with Gasteiger partial charge in [-0.05, 0) is 42.7 Å². The Balaban J connectivity index is 1.21. The number of fused-ring (bicyclic) bond motifs is 1. The Bertz CT molecular complexity index is 1160. The first-order valence-corrected chi connectivity index (χ1v) is 11.0. The minimum atomic E-state index is 0.0338. The molecule has 0 spiro atoms. The number of carbonyl (C=O) groups excluding carboxylic acids is 1. The van der Waals surface area contributed by atoms with Gasteiger partial charge in [-0.3, -0.25) is 4.79 Å². The number of aromatic nitrogens is 5. The van der Waals surface area contributed by atoms with Gasteiger partial charge < -0.3 is 4.90 Å². The highest BCUT2D eigenvalue weighted by Crippen LogP contribution is 2.33. The summed E-state index contributed by atoms with van der Waals surface area (Å²) in [4.78, 5) is 20.8. The highest BCUT2D eigenvalue weighted by atomic mass is 32.1. The van der Waals surface area contributed by atoms with Crippen molar-refractivity contribution in [1.82, 2.24) is 30.1 Å². The lowest BCUT2D eigenvalue weighted by atomic mass is 9.97. The number of carbonyl (C=O) groups is 1. The van der Waals surface area contributed by atoms with Crippen LogP contribution in [-0.2, 0) is 11.3 Å². The lowest BCUT2D eigenvalue weighted by molar-refractivity contribution is -0.133. The predicted octanol–water partition coefficient (Wildman–Crippen LogP) is 3.66. The van der Waals surface area contributed by atoms with Gasteiger partial charge in [-0.15, -0.1) is 21.5 Å². The number of benzene rings is 2. The molecule has 30 heavy (non-hydrogen) atoms. The molecule has 7 nitrogen and oxygen atoms in total. The predicted molar refractivity (Wildman–Crippen MR) is 116 cm³/mol. The van der Waals surface area contributed by atoms with Crippen LogP contribution in [0.15, 0.2) is 48.5 Å². The summed E-state index contributed by atoms with van der Waals surface area (Å²) in [5.41, 5.74) is 3.09. The maximum absolute atomic E-state index is 12.7. The van der Waals surface area contributed by atoms with Crippen LogP contribution in [0.2, 0.25) is 0 Å². The molecule has 5 rings (SSSR count). The molecule has 2 aromatic heterocycles. The number of nitrogens with zero attached hydrogens (tertiary/aromatic N) is 6. The Hall–Kier alpha value is -3.13. The highest BCUT2D eigenvalue weighted by molar-refractivity contribution is 7.18. The molecule has 0 radical (unpaired) electrons. The molecule has 0 saturated carbocycles. The molecule has 2 aromatic carbocycles. The Morgan fingerprint density at radius 3 is 2.67 bits per heavy atom. The van der Waals surface area contributed by atoms with E-state index in [-0.39, 0.29) is 12.5 Å². The Morgan fingerprint density at radius 1 is 1.10 bits per heavy atom. The summed E-state index contributed by atoms with van der Waals surface area (Å²) in [6.45, 7) is 3.60. The van der Waals surface area contributed by atoms with E-state index in [0.29, 0.717) is 11.7 Å². The molecule has 8 heteroatoms. The Kier molecular flexibility index (Phi) is 5.00. The van der Waals surface area contributed by atoms with E-state index < -0.39 is 0 Å². The number of piperidine rings is 1. The molecule has 0 N–H and O–H groups in total. The summed E-state index contributed by atoms with van der Waals surface area (Å²) in [6, 6.07) is 16.1. The molecule has 0 bridgehead atoms. The average molecular weight is 419 g/mol. The number of rotatable bonds is 4. The third-order valence-electron chi connectivity index (χ3n) is 5.62. The van der Waals surface area contributed by atoms with Crippen molar-refractivity contribution in [2.24, 2.45) is 0 Å². The van der Waals surface area contributed by atoms with Crippen molar-refractivity contribution >= 4 is 27.5 Å². The van der Waals surface area contributed by atoms with Crippen molar-refractivity contribution in [3.8, 4) is 11.4 Å². The number of likely N-dealkylation sites (tertiary alicyclic amines) is 1. The first kappa shape index (κ1) is 18.9. The maximum atomic E-state index is 12.7. The van der Waals surface area contributed by atoms with Crippen LogP contribution in [0.1, 0.15) is 29.3 Å². The van der Waals surface area contributed by atoms with E-state index in [1.807, 2.05) is 48.2 Å². The molecule has 1 aliphatic heterocycles. The fourth-order valence-electron chi connectivity index (χ4n) is 3.90. The molecule has 0 aliphatic carbocycles. The minimum absolute atomic E-state index is 0.0338. The summed E-state index contributed by atoms with van der Waals surface area (Å²) in [6.07, 6.45) is 1.87. The molecule has 3 heterocycles. The van der Waals surface area contributed by atoms with Gasteiger partial charge in [0.25, 0.3) is 0 Å². The number of amides is 1. The van der Waals surface area contributed by atoms with Crippen molar-refractivity contribution in [1.29, 1.82) is 0 Å². The molecule has 0 atom stereocenters. The molecule has 1 aliphatic rings. The van der Waals surface area contributed by atoms with Crippen molar-refractivity contribution in [3.05, 3.63) is 59.1 Å². The van der Waals surface area contributed by atoms with Gasteiger partial charge in [0.05, 0.1) is 15.2 Å². The summed E-state index contributed by atoms with van der Waals surface area (Å²) in [7, 11) is 0. The van der Waals surface area contributed by atoms with Gasteiger partial charge in [0.15, 0.2) is 0 Å². The van der Waals surface area contributed by atoms with E-state index >= 15 is 0 Å². The lowest BCUT2D eigenvalue weighted by Crippen LogP contribution is -2.40. The second-order valence-corrected chi connectivity index (χ2v) is 8.70. The van der Waals surface area contributed by atoms with E-state index in [0.717, 1.165) is 42.6 Å². The largest absolute Gasteiger partial charge is 0.341 e. The first-order valence-electron chi connectivity index (χ1n) is 10.1. The minimum Gasteiger partial charge on any atom is -0.341 e. The van der Waals surface area contributed by atoms with E-state index in [1.165, 1.54) is 14.5 Å². The Labute approximate surface area is 178 Å². The smallest absolute Gasteiger partial charge is 0.246 e. The Morgan fingerprint density at radius 2 is 1.87 bits per heavy atom. The van der Waals surface area contributed by atoms with Crippen LogP contribution in [0.25, 0.3) is 21.6 Å². The summed E-state index contributed by atoms with van der Waals surface area (Å²) >= 11 is 1.77. The van der Waals surface area contributed by atoms with Gasteiger partial charge in [-0.2, -0.15) is 4.80 Å². The van der Waals surface area contributed by atoms with Crippen LogP contribution >= 0.6 is 11.3 Å². The number of hydrogen-bond donors (Lipinski definition) is 0. The topological polar surface area (TPSA) is 76.8 Å². The first-order chi connectivity index (χ1) is 14.7. The maximum Gasteiger partial charge on any atom is 0.246 e. The second kappa shape index (κ2) is 7.95. The zero-order valence-corrected chi connectivity index (χ0v) is 17.5. The van der Waals surface area contributed by atoms with Crippen molar-refractivity contribution in [2.75, 3.05) is 13.1 Å². The highest BCUT2D eigenvalue weighted by Gasteiger charge is 2.26. The fraction of sp³-hybridized carbons (Fsp3) is 0.318. The van der Waals surface area contributed by atoms with Gasteiger partial charge in [0.1, 0.15) is 6.54 Å². The molecule has 0 unspecified atom stereocenters. The van der Waals surface area contributed by atoms with Crippen LogP contribution in [0.4, 0.5) is 0 Å². The van der Waals surface area contributed by atoms with Crippen LogP contribution < -0.4 is 0 Å². The van der Waals surface area contributed by atoms with Crippen LogP contribution in [0, 0.1) is 6.92 Å². The molecule has 152 valence electrons. The zero-order valence-electron chi connectivity index (χ0n) is 16.7. The van der Waals surface area contributed by atoms with Crippen LogP contribution in [-0.4, -0.2) is 49.1 Å². The molecular formula is C22H22N6OS. The van der Waals surface area contributed by atoms with Crippen LogP contribution in [0.5, 0.6) is 0 Å². The summed E-state index contributed by atoms with van der Waals surface area (Å²) < 4.78 is 1.23. The van der Waals surface area contributed by atoms with Gasteiger partial charge in [0, 0.05) is 24.6 Å². The van der Waals surface area contributed by atoms with Gasteiger partial charge in [0.2, 0.25) is 11.7 Å². The van der Waals surface area contributed by atoms with E-state index in [2.05, 4.69) is 27.5 Å².